The number of para-hydroxylation sites is 1. The minimum atomic E-state index is -0.225. The zero-order chi connectivity index (χ0) is 21.5. The number of hydrogen-bond donors (Lipinski definition) is 0. The topological polar surface area (TPSA) is 57.0 Å². The largest absolute Gasteiger partial charge is 0.494 e. The van der Waals surface area contributed by atoms with Gasteiger partial charge in [0.1, 0.15) is 11.3 Å². The van der Waals surface area contributed by atoms with Gasteiger partial charge in [-0.15, -0.1) is 5.10 Å². The van der Waals surface area contributed by atoms with Crippen LogP contribution in [0.4, 0.5) is 0 Å². The molecule has 4 rings (SSSR count). The fourth-order valence-corrected chi connectivity index (χ4v) is 3.60. The van der Waals surface area contributed by atoms with Gasteiger partial charge in [0.2, 0.25) is 0 Å². The molecule has 3 aromatic carbocycles. The molecular weight excluding hydrogens is 386 g/mol. The van der Waals surface area contributed by atoms with E-state index in [1.807, 2.05) is 36.4 Å². The summed E-state index contributed by atoms with van der Waals surface area (Å²) in [5.41, 5.74) is 2.36. The third-order valence-electron chi connectivity index (χ3n) is 5.33. The molecular formula is C26H27N3O2. The summed E-state index contributed by atoms with van der Waals surface area (Å²) in [6.07, 6.45) is 9.49. The highest BCUT2D eigenvalue weighted by Gasteiger charge is 2.08. The quantitative estimate of drug-likeness (QED) is 0.239. The smallest absolute Gasteiger partial charge is 0.272 e. The van der Waals surface area contributed by atoms with E-state index in [-0.39, 0.29) is 5.91 Å². The van der Waals surface area contributed by atoms with E-state index in [1.54, 1.807) is 6.08 Å². The maximum Gasteiger partial charge on any atom is 0.272 e. The van der Waals surface area contributed by atoms with Crippen molar-refractivity contribution in [3.8, 4) is 5.75 Å². The second-order valence-corrected chi connectivity index (χ2v) is 7.69. The number of ether oxygens (including phenoxy) is 1. The van der Waals surface area contributed by atoms with Crippen LogP contribution in [-0.2, 0) is 0 Å². The van der Waals surface area contributed by atoms with E-state index >= 15 is 0 Å². The Balaban J connectivity index is 1.40. The summed E-state index contributed by atoms with van der Waals surface area (Å²) in [6, 6.07) is 19.7. The average molecular weight is 414 g/mol. The Morgan fingerprint density at radius 2 is 1.77 bits per heavy atom. The molecule has 0 bridgehead atoms. The molecule has 5 nitrogen and oxygen atoms in total. The van der Waals surface area contributed by atoms with E-state index in [2.05, 4.69) is 41.5 Å². The van der Waals surface area contributed by atoms with Crippen LogP contribution in [-0.4, -0.2) is 27.5 Å². The Morgan fingerprint density at radius 3 is 2.68 bits per heavy atom. The third kappa shape index (κ3) is 5.18. The summed E-state index contributed by atoms with van der Waals surface area (Å²) in [6.45, 7) is 2.98. The summed E-state index contributed by atoms with van der Waals surface area (Å²) in [4.78, 5) is 12.5. The Labute approximate surface area is 182 Å². The van der Waals surface area contributed by atoms with Gasteiger partial charge in [-0.3, -0.25) is 4.79 Å². The van der Waals surface area contributed by atoms with Crippen LogP contribution < -0.4 is 4.74 Å². The van der Waals surface area contributed by atoms with Crippen molar-refractivity contribution in [2.75, 3.05) is 6.61 Å². The Hall–Kier alpha value is -3.47. The summed E-state index contributed by atoms with van der Waals surface area (Å²) < 4.78 is 7.22. The lowest BCUT2D eigenvalue weighted by Crippen LogP contribution is -2.08. The van der Waals surface area contributed by atoms with Crippen molar-refractivity contribution in [1.29, 1.82) is 0 Å². The summed E-state index contributed by atoms with van der Waals surface area (Å²) in [5, 5.41) is 10.2. The summed E-state index contributed by atoms with van der Waals surface area (Å²) in [5.74, 6) is 0.677. The fourth-order valence-electron chi connectivity index (χ4n) is 3.60. The van der Waals surface area contributed by atoms with Gasteiger partial charge in [0, 0.05) is 6.08 Å². The van der Waals surface area contributed by atoms with Crippen LogP contribution in [0.1, 0.15) is 49.4 Å². The molecule has 4 aromatic rings. The number of carbonyl (C=O) groups is 1. The molecule has 0 fully saturated rings. The molecule has 1 aromatic heterocycles. The van der Waals surface area contributed by atoms with Gasteiger partial charge in [0.15, 0.2) is 0 Å². The van der Waals surface area contributed by atoms with Crippen molar-refractivity contribution in [2.45, 2.75) is 39.0 Å². The highest BCUT2D eigenvalue weighted by Crippen LogP contribution is 2.23. The van der Waals surface area contributed by atoms with E-state index in [0.29, 0.717) is 11.0 Å². The van der Waals surface area contributed by atoms with Gasteiger partial charge in [0.05, 0.1) is 12.1 Å². The van der Waals surface area contributed by atoms with Gasteiger partial charge in [0.25, 0.3) is 5.91 Å². The molecule has 5 heteroatoms. The zero-order valence-corrected chi connectivity index (χ0v) is 17.8. The lowest BCUT2D eigenvalue weighted by atomic mass is 10.1. The van der Waals surface area contributed by atoms with Crippen LogP contribution >= 0.6 is 0 Å². The molecule has 1 heterocycles. The predicted octanol–water partition coefficient (Wildman–Crippen LogP) is 6.29. The van der Waals surface area contributed by atoms with E-state index in [0.717, 1.165) is 35.1 Å². The van der Waals surface area contributed by atoms with Crippen molar-refractivity contribution in [2.24, 2.45) is 0 Å². The minimum Gasteiger partial charge on any atom is -0.494 e. The Morgan fingerprint density at radius 1 is 0.968 bits per heavy atom. The highest BCUT2D eigenvalue weighted by atomic mass is 16.5. The van der Waals surface area contributed by atoms with Crippen LogP contribution in [0.15, 0.2) is 66.7 Å². The molecule has 0 atom stereocenters. The Kier molecular flexibility index (Phi) is 6.72. The average Bonchev–Trinajstić information content (AvgIpc) is 3.24. The predicted molar refractivity (Wildman–Crippen MR) is 125 cm³/mol. The molecule has 0 saturated carbocycles. The van der Waals surface area contributed by atoms with Crippen molar-refractivity contribution in [3.63, 3.8) is 0 Å². The fraction of sp³-hybridized carbons (Fsp3) is 0.269. The highest BCUT2D eigenvalue weighted by molar-refractivity contribution is 5.98. The first-order valence-corrected chi connectivity index (χ1v) is 10.9. The van der Waals surface area contributed by atoms with E-state index in [1.165, 1.54) is 36.4 Å². The van der Waals surface area contributed by atoms with Crippen molar-refractivity contribution in [3.05, 3.63) is 72.3 Å². The number of fused-ring (bicyclic) bond motifs is 2. The number of benzene rings is 3. The molecule has 0 unspecified atom stereocenters. The first-order valence-electron chi connectivity index (χ1n) is 10.9. The van der Waals surface area contributed by atoms with Crippen molar-refractivity contribution in [1.82, 2.24) is 15.0 Å². The standard InChI is InChI=1S/C26H27N3O2/c1-2-3-4-5-8-17-31-23-15-14-21-18-20(11-13-22(21)19-23)12-16-26(30)29-25-10-7-6-9-24(25)27-28-29/h6-7,9-16,18-19H,2-5,8,17H2,1H3. The number of hydrogen-bond acceptors (Lipinski definition) is 4. The SMILES string of the molecule is CCCCCCCOc1ccc2cc(C=CC(=O)n3nnc4ccccc43)ccc2c1. The number of allylic oxidation sites excluding steroid dienone is 1. The maximum atomic E-state index is 12.5. The van der Waals surface area contributed by atoms with Gasteiger partial charge >= 0.3 is 0 Å². The van der Waals surface area contributed by atoms with E-state index < -0.39 is 0 Å². The molecule has 158 valence electrons. The number of unbranched alkanes of at least 4 members (excludes halogenated alkanes) is 4. The summed E-state index contributed by atoms with van der Waals surface area (Å²) >= 11 is 0. The molecule has 0 aliphatic rings. The minimum absolute atomic E-state index is 0.225. The maximum absolute atomic E-state index is 12.5. The third-order valence-corrected chi connectivity index (χ3v) is 5.33. The van der Waals surface area contributed by atoms with Crippen molar-refractivity contribution >= 4 is 33.8 Å². The van der Waals surface area contributed by atoms with Gasteiger partial charge in [-0.1, -0.05) is 68.2 Å². The molecule has 0 spiro atoms. The monoisotopic (exact) mass is 413 g/mol. The molecule has 0 radical (unpaired) electrons. The zero-order valence-electron chi connectivity index (χ0n) is 17.8. The van der Waals surface area contributed by atoms with Gasteiger partial charge in [-0.25, -0.2) is 0 Å². The van der Waals surface area contributed by atoms with Crippen LogP contribution in [0.2, 0.25) is 0 Å². The van der Waals surface area contributed by atoms with Crippen molar-refractivity contribution < 1.29 is 9.53 Å². The summed E-state index contributed by atoms with van der Waals surface area (Å²) in [7, 11) is 0. The van der Waals surface area contributed by atoms with Crippen LogP contribution in [0, 0.1) is 0 Å². The molecule has 0 aliphatic heterocycles. The van der Waals surface area contributed by atoms with Crippen LogP contribution in [0.25, 0.3) is 27.9 Å². The first-order chi connectivity index (χ1) is 15.2. The van der Waals surface area contributed by atoms with Gasteiger partial charge in [-0.05, 0) is 59.2 Å². The second-order valence-electron chi connectivity index (χ2n) is 7.69. The normalized spacial score (nSPS) is 11.5. The molecule has 0 N–H and O–H groups in total. The number of nitrogens with zero attached hydrogens (tertiary/aromatic N) is 3. The molecule has 0 aliphatic carbocycles. The Bertz CT molecular complexity index is 1210. The first kappa shape index (κ1) is 20.8. The van der Waals surface area contributed by atoms with Crippen LogP contribution in [0.5, 0.6) is 5.75 Å². The molecule has 0 saturated heterocycles. The van der Waals surface area contributed by atoms with E-state index in [9.17, 15) is 4.79 Å². The van der Waals surface area contributed by atoms with Gasteiger partial charge in [-0.2, -0.15) is 4.68 Å². The number of aromatic nitrogens is 3. The van der Waals surface area contributed by atoms with Gasteiger partial charge < -0.3 is 4.74 Å². The lowest BCUT2D eigenvalue weighted by molar-refractivity contribution is 0.0958. The molecule has 31 heavy (non-hydrogen) atoms. The van der Waals surface area contributed by atoms with E-state index in [4.69, 9.17) is 4.74 Å². The number of rotatable bonds is 9. The second kappa shape index (κ2) is 10.0. The van der Waals surface area contributed by atoms with Crippen LogP contribution in [0.3, 0.4) is 0 Å². The molecule has 0 amide bonds. The lowest BCUT2D eigenvalue weighted by Gasteiger charge is -2.08. The number of carbonyl (C=O) groups excluding carboxylic acids is 1.